The maximum atomic E-state index is 5.86. The fraction of sp³-hybridized carbons (Fsp3) is 0.625. The van der Waals surface area contributed by atoms with Crippen molar-refractivity contribution in [2.45, 2.75) is 45.8 Å². The molecule has 3 atom stereocenters. The van der Waals surface area contributed by atoms with Gasteiger partial charge in [-0.05, 0) is 37.4 Å². The number of ether oxygens (including phenoxy) is 1. The lowest BCUT2D eigenvalue weighted by molar-refractivity contribution is 0.0775. The summed E-state index contributed by atoms with van der Waals surface area (Å²) < 4.78 is 5.86. The molecule has 0 spiro atoms. The summed E-state index contributed by atoms with van der Waals surface area (Å²) in [6.07, 6.45) is 2.69. The molecule has 0 saturated carbocycles. The number of hydrogen-bond acceptors (Lipinski definition) is 2. The van der Waals surface area contributed by atoms with Gasteiger partial charge in [0.25, 0.3) is 0 Å². The van der Waals surface area contributed by atoms with E-state index in [1.54, 1.807) is 0 Å². The second-order valence-electron chi connectivity index (χ2n) is 5.16. The van der Waals surface area contributed by atoms with Gasteiger partial charge in [0.1, 0.15) is 0 Å². The van der Waals surface area contributed by atoms with Gasteiger partial charge in [-0.1, -0.05) is 38.1 Å². The first-order valence-electron chi connectivity index (χ1n) is 7.18. The SMILES string of the molecule is CCNC(c1ccccc1C)C1CCOC1CC. The van der Waals surface area contributed by atoms with E-state index in [-0.39, 0.29) is 0 Å². The van der Waals surface area contributed by atoms with Crippen LogP contribution < -0.4 is 5.32 Å². The molecule has 1 fully saturated rings. The minimum absolute atomic E-state index is 0.411. The van der Waals surface area contributed by atoms with E-state index in [0.717, 1.165) is 19.6 Å². The first-order valence-corrected chi connectivity index (χ1v) is 7.18. The molecule has 1 heterocycles. The summed E-state index contributed by atoms with van der Waals surface area (Å²) in [4.78, 5) is 0. The molecule has 2 rings (SSSR count). The molecule has 100 valence electrons. The number of benzene rings is 1. The lowest BCUT2D eigenvalue weighted by atomic mass is 9.85. The highest BCUT2D eigenvalue weighted by Crippen LogP contribution is 2.35. The Labute approximate surface area is 111 Å². The normalized spacial score (nSPS) is 25.3. The monoisotopic (exact) mass is 247 g/mol. The molecular formula is C16H25NO. The van der Waals surface area contributed by atoms with Crippen molar-refractivity contribution in [2.75, 3.05) is 13.2 Å². The Hall–Kier alpha value is -0.860. The first-order chi connectivity index (χ1) is 8.77. The van der Waals surface area contributed by atoms with Crippen molar-refractivity contribution in [3.05, 3.63) is 35.4 Å². The van der Waals surface area contributed by atoms with Crippen LogP contribution in [0.25, 0.3) is 0 Å². The van der Waals surface area contributed by atoms with E-state index in [1.807, 2.05) is 0 Å². The highest BCUT2D eigenvalue weighted by atomic mass is 16.5. The van der Waals surface area contributed by atoms with Gasteiger partial charge >= 0.3 is 0 Å². The van der Waals surface area contributed by atoms with Gasteiger partial charge in [-0.15, -0.1) is 0 Å². The largest absolute Gasteiger partial charge is 0.378 e. The number of aryl methyl sites for hydroxylation is 1. The van der Waals surface area contributed by atoms with Crippen molar-refractivity contribution >= 4 is 0 Å². The number of hydrogen-bond donors (Lipinski definition) is 1. The Bertz CT molecular complexity index is 377. The summed E-state index contributed by atoms with van der Waals surface area (Å²) in [5.74, 6) is 0.607. The smallest absolute Gasteiger partial charge is 0.0619 e. The van der Waals surface area contributed by atoms with Crippen molar-refractivity contribution in [3.8, 4) is 0 Å². The lowest BCUT2D eigenvalue weighted by Gasteiger charge is -2.29. The standard InChI is InChI=1S/C16H25NO/c1-4-15-14(10-11-18-15)16(17-5-2)13-9-7-6-8-12(13)3/h6-9,14-17H,4-5,10-11H2,1-3H3. The summed E-state index contributed by atoms with van der Waals surface area (Å²) in [5.41, 5.74) is 2.82. The van der Waals surface area contributed by atoms with Gasteiger partial charge in [-0.25, -0.2) is 0 Å². The van der Waals surface area contributed by atoms with E-state index < -0.39 is 0 Å². The van der Waals surface area contributed by atoms with Crippen molar-refractivity contribution < 1.29 is 4.74 Å². The molecule has 1 aliphatic heterocycles. The van der Waals surface area contributed by atoms with Crippen LogP contribution in [0.2, 0.25) is 0 Å². The van der Waals surface area contributed by atoms with Gasteiger partial charge in [0.2, 0.25) is 0 Å². The lowest BCUT2D eigenvalue weighted by Crippen LogP contribution is -2.33. The van der Waals surface area contributed by atoms with Gasteiger partial charge in [0.15, 0.2) is 0 Å². The Morgan fingerprint density at radius 2 is 2.11 bits per heavy atom. The zero-order valence-corrected chi connectivity index (χ0v) is 11.8. The van der Waals surface area contributed by atoms with Crippen molar-refractivity contribution in [2.24, 2.45) is 5.92 Å². The minimum atomic E-state index is 0.411. The third kappa shape index (κ3) is 2.76. The first kappa shape index (κ1) is 13.6. The molecule has 1 N–H and O–H groups in total. The van der Waals surface area contributed by atoms with Crippen LogP contribution in [-0.2, 0) is 4.74 Å². The highest BCUT2D eigenvalue weighted by Gasteiger charge is 2.34. The van der Waals surface area contributed by atoms with Crippen LogP contribution in [0.3, 0.4) is 0 Å². The maximum absolute atomic E-state index is 5.86. The molecule has 1 aromatic rings. The molecule has 2 heteroatoms. The molecule has 2 nitrogen and oxygen atoms in total. The summed E-state index contributed by atoms with van der Waals surface area (Å²) in [5, 5.41) is 3.67. The fourth-order valence-corrected chi connectivity index (χ4v) is 3.11. The number of nitrogens with one attached hydrogen (secondary N) is 1. The van der Waals surface area contributed by atoms with E-state index in [9.17, 15) is 0 Å². The third-order valence-electron chi connectivity index (χ3n) is 4.04. The second-order valence-corrected chi connectivity index (χ2v) is 5.16. The molecule has 0 amide bonds. The van der Waals surface area contributed by atoms with Crippen LogP contribution in [0.5, 0.6) is 0 Å². The van der Waals surface area contributed by atoms with Crippen LogP contribution in [0.1, 0.15) is 43.9 Å². The molecule has 3 unspecified atom stereocenters. The molecule has 1 aromatic carbocycles. The van der Waals surface area contributed by atoms with Crippen LogP contribution in [0, 0.1) is 12.8 Å². The highest BCUT2D eigenvalue weighted by molar-refractivity contribution is 5.29. The second kappa shape index (κ2) is 6.35. The van der Waals surface area contributed by atoms with E-state index >= 15 is 0 Å². The summed E-state index contributed by atoms with van der Waals surface area (Å²) in [6.45, 7) is 8.53. The third-order valence-corrected chi connectivity index (χ3v) is 4.04. The Morgan fingerprint density at radius 3 is 2.78 bits per heavy atom. The van der Waals surface area contributed by atoms with Crippen molar-refractivity contribution in [1.29, 1.82) is 0 Å². The van der Waals surface area contributed by atoms with Crippen LogP contribution >= 0.6 is 0 Å². The molecule has 1 aliphatic rings. The minimum Gasteiger partial charge on any atom is -0.378 e. The molecule has 0 bridgehead atoms. The van der Waals surface area contributed by atoms with Crippen LogP contribution in [0.15, 0.2) is 24.3 Å². The zero-order valence-electron chi connectivity index (χ0n) is 11.8. The Kier molecular flexibility index (Phi) is 4.79. The predicted molar refractivity (Wildman–Crippen MR) is 75.7 cm³/mol. The molecule has 1 saturated heterocycles. The summed E-state index contributed by atoms with van der Waals surface area (Å²) >= 11 is 0. The van der Waals surface area contributed by atoms with E-state index in [2.05, 4.69) is 50.4 Å². The Balaban J connectivity index is 2.25. The fourth-order valence-electron chi connectivity index (χ4n) is 3.11. The van der Waals surface area contributed by atoms with Crippen LogP contribution in [-0.4, -0.2) is 19.3 Å². The molecule has 0 aliphatic carbocycles. The van der Waals surface area contributed by atoms with E-state index in [1.165, 1.54) is 17.5 Å². The van der Waals surface area contributed by atoms with Gasteiger partial charge in [-0.2, -0.15) is 0 Å². The number of rotatable bonds is 5. The van der Waals surface area contributed by atoms with E-state index in [0.29, 0.717) is 18.1 Å². The maximum Gasteiger partial charge on any atom is 0.0619 e. The van der Waals surface area contributed by atoms with Crippen molar-refractivity contribution in [1.82, 2.24) is 5.32 Å². The Morgan fingerprint density at radius 1 is 1.33 bits per heavy atom. The molecule has 0 radical (unpaired) electrons. The molecule has 0 aromatic heterocycles. The summed E-state index contributed by atoms with van der Waals surface area (Å²) in [6, 6.07) is 9.15. The predicted octanol–water partition coefficient (Wildman–Crippen LogP) is 3.46. The van der Waals surface area contributed by atoms with Gasteiger partial charge in [0, 0.05) is 18.6 Å². The van der Waals surface area contributed by atoms with Gasteiger partial charge < -0.3 is 10.1 Å². The van der Waals surface area contributed by atoms with Gasteiger partial charge in [-0.3, -0.25) is 0 Å². The van der Waals surface area contributed by atoms with Crippen molar-refractivity contribution in [3.63, 3.8) is 0 Å². The van der Waals surface area contributed by atoms with Crippen LogP contribution in [0.4, 0.5) is 0 Å². The quantitative estimate of drug-likeness (QED) is 0.860. The average molecular weight is 247 g/mol. The molecule has 18 heavy (non-hydrogen) atoms. The molecular weight excluding hydrogens is 222 g/mol. The topological polar surface area (TPSA) is 21.3 Å². The zero-order chi connectivity index (χ0) is 13.0. The summed E-state index contributed by atoms with van der Waals surface area (Å²) in [7, 11) is 0. The van der Waals surface area contributed by atoms with Gasteiger partial charge in [0.05, 0.1) is 6.10 Å². The average Bonchev–Trinajstić information content (AvgIpc) is 2.85. The van der Waals surface area contributed by atoms with E-state index in [4.69, 9.17) is 4.74 Å².